The molecule has 0 bridgehead atoms. The molecule has 5 nitrogen and oxygen atoms in total. The van der Waals surface area contributed by atoms with E-state index in [1.54, 1.807) is 36.4 Å². The minimum absolute atomic E-state index is 0.0122. The summed E-state index contributed by atoms with van der Waals surface area (Å²) in [5.41, 5.74) is 0.643. The van der Waals surface area contributed by atoms with Crippen molar-refractivity contribution in [2.24, 2.45) is 0 Å². The van der Waals surface area contributed by atoms with E-state index in [2.05, 4.69) is 4.98 Å². The summed E-state index contributed by atoms with van der Waals surface area (Å²) in [6, 6.07) is 17.7. The minimum atomic E-state index is -1.16. The molecule has 1 aromatic heterocycles. The van der Waals surface area contributed by atoms with Gasteiger partial charge in [-0.3, -0.25) is 19.5 Å². The summed E-state index contributed by atoms with van der Waals surface area (Å²) in [7, 11) is 0. The van der Waals surface area contributed by atoms with Crippen molar-refractivity contribution >= 4 is 33.9 Å². The first-order chi connectivity index (χ1) is 16.0. The van der Waals surface area contributed by atoms with Crippen LogP contribution in [0.25, 0.3) is 16.5 Å². The van der Waals surface area contributed by atoms with Gasteiger partial charge in [0, 0.05) is 29.7 Å². The molecular weight excluding hydrogens is 426 g/mol. The predicted molar refractivity (Wildman–Crippen MR) is 119 cm³/mol. The van der Waals surface area contributed by atoms with Crippen molar-refractivity contribution < 1.29 is 23.5 Å². The van der Waals surface area contributed by atoms with Gasteiger partial charge in [0.05, 0.1) is 11.6 Å². The summed E-state index contributed by atoms with van der Waals surface area (Å²) >= 11 is 0. The molecule has 1 aliphatic heterocycles. The van der Waals surface area contributed by atoms with Gasteiger partial charge in [-0.25, -0.2) is 8.78 Å². The average molecular weight is 442 g/mol. The van der Waals surface area contributed by atoms with E-state index in [9.17, 15) is 23.5 Å². The average Bonchev–Trinajstić information content (AvgIpc) is 3.11. The molecule has 0 saturated carbocycles. The highest BCUT2D eigenvalue weighted by Crippen LogP contribution is 2.42. The van der Waals surface area contributed by atoms with E-state index < -0.39 is 29.4 Å². The normalized spacial score (nSPS) is 17.6. The van der Waals surface area contributed by atoms with E-state index in [4.69, 9.17) is 0 Å². The fraction of sp³-hybridized carbons (Fsp3) is 0.0385. The molecule has 4 aromatic rings. The lowest BCUT2D eigenvalue weighted by Crippen LogP contribution is -2.29. The number of nitrogens with zero attached hydrogens (tertiary/aromatic N) is 2. The standard InChI is InChI=1S/C26H16F2N2O3/c27-20-11-10-17(13-21(20)28)30-23(16-7-4-12-29-14-16)22(25(32)26(30)33)24(31)19-9-3-6-15-5-1-2-8-18(15)19/h1-14,23,31H/b24-22-. The van der Waals surface area contributed by atoms with Gasteiger partial charge >= 0.3 is 0 Å². The van der Waals surface area contributed by atoms with Gasteiger partial charge in [-0.15, -0.1) is 0 Å². The second-order valence-corrected chi connectivity index (χ2v) is 7.58. The van der Waals surface area contributed by atoms with E-state index in [1.165, 1.54) is 18.5 Å². The van der Waals surface area contributed by atoms with Crippen LogP contribution in [0.15, 0.2) is 90.8 Å². The third kappa shape index (κ3) is 3.34. The molecule has 1 unspecified atom stereocenters. The molecule has 33 heavy (non-hydrogen) atoms. The maximum absolute atomic E-state index is 14.0. The summed E-state index contributed by atoms with van der Waals surface area (Å²) in [5.74, 6) is -4.49. The summed E-state index contributed by atoms with van der Waals surface area (Å²) in [4.78, 5) is 31.4. The van der Waals surface area contributed by atoms with Gasteiger partial charge in [0.25, 0.3) is 11.7 Å². The number of hydrogen-bond acceptors (Lipinski definition) is 4. The SMILES string of the molecule is O=C1C(=O)N(c2ccc(F)c(F)c2)C(c2cccnc2)/C1=C(/O)c1cccc2ccccc12. The molecule has 3 aromatic carbocycles. The van der Waals surface area contributed by atoms with Gasteiger partial charge in [-0.05, 0) is 34.5 Å². The predicted octanol–water partition coefficient (Wildman–Crippen LogP) is 5.14. The second kappa shape index (κ2) is 7.94. The van der Waals surface area contributed by atoms with Crippen molar-refractivity contribution in [1.82, 2.24) is 4.98 Å². The Balaban J connectivity index is 1.77. The van der Waals surface area contributed by atoms with Crippen LogP contribution in [-0.2, 0) is 9.59 Å². The summed E-state index contributed by atoms with van der Waals surface area (Å²) in [6.45, 7) is 0. The fourth-order valence-corrected chi connectivity index (χ4v) is 4.16. The number of benzene rings is 3. The quantitative estimate of drug-likeness (QED) is 0.271. The van der Waals surface area contributed by atoms with E-state index in [-0.39, 0.29) is 17.0 Å². The monoisotopic (exact) mass is 442 g/mol. The van der Waals surface area contributed by atoms with Crippen LogP contribution >= 0.6 is 0 Å². The van der Waals surface area contributed by atoms with Crippen LogP contribution in [0.2, 0.25) is 0 Å². The van der Waals surface area contributed by atoms with Crippen LogP contribution in [-0.4, -0.2) is 21.8 Å². The van der Waals surface area contributed by atoms with Crippen molar-refractivity contribution in [2.75, 3.05) is 4.90 Å². The zero-order chi connectivity index (χ0) is 23.1. The molecule has 1 aliphatic rings. The summed E-state index contributed by atoms with van der Waals surface area (Å²) in [6.07, 6.45) is 2.98. The first kappa shape index (κ1) is 20.5. The maximum Gasteiger partial charge on any atom is 0.300 e. The highest BCUT2D eigenvalue weighted by Gasteiger charge is 2.47. The molecule has 1 N–H and O–H groups in total. The highest BCUT2D eigenvalue weighted by atomic mass is 19.2. The number of fused-ring (bicyclic) bond motifs is 1. The fourth-order valence-electron chi connectivity index (χ4n) is 4.16. The number of ketones is 1. The number of aliphatic hydroxyl groups is 1. The van der Waals surface area contributed by atoms with E-state index in [0.717, 1.165) is 22.4 Å². The van der Waals surface area contributed by atoms with Gasteiger partial charge in [0.2, 0.25) is 0 Å². The Bertz CT molecular complexity index is 1450. The minimum Gasteiger partial charge on any atom is -0.507 e. The third-order valence-corrected chi connectivity index (χ3v) is 5.67. The van der Waals surface area contributed by atoms with Crippen LogP contribution in [0, 0.1) is 11.6 Å². The highest BCUT2D eigenvalue weighted by molar-refractivity contribution is 6.51. The van der Waals surface area contributed by atoms with Crippen LogP contribution in [0.3, 0.4) is 0 Å². The van der Waals surface area contributed by atoms with Gasteiger partial charge in [-0.2, -0.15) is 0 Å². The lowest BCUT2D eigenvalue weighted by atomic mass is 9.94. The lowest BCUT2D eigenvalue weighted by Gasteiger charge is -2.25. The summed E-state index contributed by atoms with van der Waals surface area (Å²) in [5, 5.41) is 12.9. The van der Waals surface area contributed by atoms with Gasteiger partial charge in [0.1, 0.15) is 5.76 Å². The number of carbonyl (C=O) groups is 2. The number of anilines is 1. The number of aliphatic hydroxyl groups excluding tert-OH is 1. The molecule has 2 heterocycles. The molecule has 5 rings (SSSR count). The first-order valence-corrected chi connectivity index (χ1v) is 10.1. The topological polar surface area (TPSA) is 70.5 Å². The van der Waals surface area contributed by atoms with Crippen LogP contribution in [0.5, 0.6) is 0 Å². The zero-order valence-electron chi connectivity index (χ0n) is 17.1. The molecule has 1 atom stereocenters. The van der Waals surface area contributed by atoms with Crippen LogP contribution in [0.1, 0.15) is 17.2 Å². The van der Waals surface area contributed by atoms with Gasteiger partial charge in [0.15, 0.2) is 11.6 Å². The van der Waals surface area contributed by atoms with Crippen LogP contribution < -0.4 is 4.90 Å². The van der Waals surface area contributed by atoms with Gasteiger partial charge in [-0.1, -0.05) is 48.5 Å². The van der Waals surface area contributed by atoms with Crippen molar-refractivity contribution in [3.8, 4) is 0 Å². The molecule has 0 aliphatic carbocycles. The first-order valence-electron chi connectivity index (χ1n) is 10.1. The van der Waals surface area contributed by atoms with Crippen molar-refractivity contribution in [3.63, 3.8) is 0 Å². The Morgan fingerprint density at radius 3 is 2.45 bits per heavy atom. The van der Waals surface area contributed by atoms with E-state index in [0.29, 0.717) is 16.5 Å². The molecule has 1 amide bonds. The lowest BCUT2D eigenvalue weighted by molar-refractivity contribution is -0.132. The number of pyridine rings is 1. The van der Waals surface area contributed by atoms with E-state index >= 15 is 0 Å². The molecule has 0 radical (unpaired) electrons. The van der Waals surface area contributed by atoms with Crippen molar-refractivity contribution in [3.05, 3.63) is 114 Å². The maximum atomic E-state index is 14.0. The number of hydrogen-bond donors (Lipinski definition) is 1. The van der Waals surface area contributed by atoms with Gasteiger partial charge < -0.3 is 5.11 Å². The number of carbonyl (C=O) groups excluding carboxylic acids is 2. The largest absolute Gasteiger partial charge is 0.507 e. The molecule has 7 heteroatoms. The Kier molecular flexibility index (Phi) is 4.94. The summed E-state index contributed by atoms with van der Waals surface area (Å²) < 4.78 is 27.6. The van der Waals surface area contributed by atoms with Crippen molar-refractivity contribution in [2.45, 2.75) is 6.04 Å². The molecular formula is C26H16F2N2O3. The molecule has 0 spiro atoms. The number of halogens is 2. The second-order valence-electron chi connectivity index (χ2n) is 7.58. The number of aromatic nitrogens is 1. The Morgan fingerprint density at radius 1 is 0.909 bits per heavy atom. The molecule has 1 saturated heterocycles. The third-order valence-electron chi connectivity index (χ3n) is 5.67. The number of rotatable bonds is 3. The molecule has 162 valence electrons. The van der Waals surface area contributed by atoms with E-state index in [1.807, 2.05) is 18.2 Å². The smallest absolute Gasteiger partial charge is 0.300 e. The molecule has 1 fully saturated rings. The number of Topliss-reactive ketones (excluding diaryl/α,β-unsaturated/α-hetero) is 1. The van der Waals surface area contributed by atoms with Crippen molar-refractivity contribution in [1.29, 1.82) is 0 Å². The Labute approximate surface area is 187 Å². The Hall–Kier alpha value is -4.39. The van der Waals surface area contributed by atoms with Crippen LogP contribution in [0.4, 0.5) is 14.5 Å². The number of amides is 1. The zero-order valence-corrected chi connectivity index (χ0v) is 17.1. The Morgan fingerprint density at radius 2 is 1.70 bits per heavy atom.